The number of guanidine groups is 1. The first-order valence-electron chi connectivity index (χ1n) is 10.5. The van der Waals surface area contributed by atoms with Crippen LogP contribution in [0.4, 0.5) is 0 Å². The Kier molecular flexibility index (Phi) is 7.93. The minimum absolute atomic E-state index is 0.403. The van der Waals surface area contributed by atoms with Gasteiger partial charge in [-0.3, -0.25) is 14.6 Å². The molecule has 0 spiro atoms. The van der Waals surface area contributed by atoms with Crippen LogP contribution in [0, 0.1) is 5.92 Å². The molecule has 1 aliphatic rings. The molecule has 0 bridgehead atoms. The van der Waals surface area contributed by atoms with Gasteiger partial charge < -0.3 is 15.4 Å². The summed E-state index contributed by atoms with van der Waals surface area (Å²) in [6.07, 6.45) is 7.25. The number of piperidine rings is 1. The molecule has 1 aromatic heterocycles. The van der Waals surface area contributed by atoms with E-state index in [1.54, 1.807) is 7.11 Å². The number of rotatable bonds is 8. The van der Waals surface area contributed by atoms with Crippen molar-refractivity contribution in [2.24, 2.45) is 10.9 Å². The van der Waals surface area contributed by atoms with E-state index in [1.807, 2.05) is 30.2 Å². The fourth-order valence-corrected chi connectivity index (χ4v) is 4.13. The van der Waals surface area contributed by atoms with Crippen LogP contribution in [0.3, 0.4) is 0 Å². The van der Waals surface area contributed by atoms with Crippen LogP contribution in [-0.4, -0.2) is 61.5 Å². The summed E-state index contributed by atoms with van der Waals surface area (Å²) in [5.41, 5.74) is 1.35. The van der Waals surface area contributed by atoms with Crippen LogP contribution in [0.1, 0.15) is 30.9 Å². The van der Waals surface area contributed by atoms with E-state index in [-0.39, 0.29) is 0 Å². The third kappa shape index (κ3) is 5.97. The molecular weight excluding hydrogens is 364 g/mol. The number of nitrogens with zero attached hydrogens (tertiary/aromatic N) is 4. The lowest BCUT2D eigenvalue weighted by molar-refractivity contribution is 0.122. The van der Waals surface area contributed by atoms with Crippen LogP contribution in [-0.2, 0) is 6.54 Å². The maximum Gasteiger partial charge on any atom is 0.190 e. The van der Waals surface area contributed by atoms with E-state index in [0.717, 1.165) is 44.3 Å². The number of ether oxygens (including phenoxy) is 1. The summed E-state index contributed by atoms with van der Waals surface area (Å²) in [4.78, 5) is 6.86. The summed E-state index contributed by atoms with van der Waals surface area (Å²) in [7, 11) is 5.77. The molecule has 1 aliphatic heterocycles. The maximum atomic E-state index is 5.32. The Labute approximate surface area is 174 Å². The predicted molar refractivity (Wildman–Crippen MR) is 117 cm³/mol. The molecule has 29 heavy (non-hydrogen) atoms. The smallest absolute Gasteiger partial charge is 0.190 e. The van der Waals surface area contributed by atoms with Gasteiger partial charge in [0.1, 0.15) is 5.75 Å². The van der Waals surface area contributed by atoms with Crippen LogP contribution in [0.5, 0.6) is 5.75 Å². The van der Waals surface area contributed by atoms with Crippen molar-refractivity contribution in [1.29, 1.82) is 0 Å². The van der Waals surface area contributed by atoms with E-state index in [0.29, 0.717) is 12.0 Å². The van der Waals surface area contributed by atoms with Crippen molar-refractivity contribution >= 4 is 5.96 Å². The van der Waals surface area contributed by atoms with Gasteiger partial charge in [-0.25, -0.2) is 0 Å². The summed E-state index contributed by atoms with van der Waals surface area (Å²) in [5.74, 6) is 2.30. The van der Waals surface area contributed by atoms with E-state index in [4.69, 9.17) is 4.74 Å². The van der Waals surface area contributed by atoms with Crippen LogP contribution >= 0.6 is 0 Å². The minimum Gasteiger partial charge on any atom is -0.497 e. The van der Waals surface area contributed by atoms with Gasteiger partial charge in [0.25, 0.3) is 0 Å². The normalized spacial score (nSPS) is 20.4. The zero-order chi connectivity index (χ0) is 20.5. The Balaban J connectivity index is 1.51. The Morgan fingerprint density at radius 1 is 1.28 bits per heavy atom. The first-order chi connectivity index (χ1) is 14.2. The number of methoxy groups -OCH3 is 1. The molecule has 0 saturated carbocycles. The van der Waals surface area contributed by atoms with Gasteiger partial charge in [0.2, 0.25) is 0 Å². The number of aromatic nitrogens is 2. The molecule has 1 saturated heterocycles. The Hall–Kier alpha value is -2.54. The van der Waals surface area contributed by atoms with Crippen molar-refractivity contribution in [2.45, 2.75) is 31.8 Å². The fourth-order valence-electron chi connectivity index (χ4n) is 4.13. The molecular formula is C22H34N6O. The second-order valence-corrected chi connectivity index (χ2v) is 7.60. The summed E-state index contributed by atoms with van der Waals surface area (Å²) in [6, 6.07) is 10.9. The monoisotopic (exact) mass is 398 g/mol. The summed E-state index contributed by atoms with van der Waals surface area (Å²) < 4.78 is 7.27. The van der Waals surface area contributed by atoms with Crippen LogP contribution in [0.2, 0.25) is 0 Å². The molecule has 158 valence electrons. The largest absolute Gasteiger partial charge is 0.497 e. The lowest BCUT2D eigenvalue weighted by Gasteiger charge is -2.40. The number of aryl methyl sites for hydroxylation is 1. The zero-order valence-corrected chi connectivity index (χ0v) is 17.8. The molecule has 7 heteroatoms. The SMILES string of the molecule is CN=C(NCCCn1cccn1)NCC1CCCN(C)C1c1ccc(OC)cc1. The van der Waals surface area contributed by atoms with Gasteiger partial charge >= 0.3 is 0 Å². The average molecular weight is 399 g/mol. The molecule has 1 aromatic carbocycles. The number of aliphatic imine (C=N–C) groups is 1. The second-order valence-electron chi connectivity index (χ2n) is 7.60. The van der Waals surface area contributed by atoms with Gasteiger partial charge in [-0.05, 0) is 62.5 Å². The third-order valence-corrected chi connectivity index (χ3v) is 5.64. The highest BCUT2D eigenvalue weighted by Gasteiger charge is 2.30. The molecule has 2 heterocycles. The first-order valence-corrected chi connectivity index (χ1v) is 10.5. The van der Waals surface area contributed by atoms with E-state index < -0.39 is 0 Å². The van der Waals surface area contributed by atoms with Crippen LogP contribution in [0.25, 0.3) is 0 Å². The number of likely N-dealkylation sites (tertiary alicyclic amines) is 1. The average Bonchev–Trinajstić information content (AvgIpc) is 3.27. The third-order valence-electron chi connectivity index (χ3n) is 5.64. The lowest BCUT2D eigenvalue weighted by Crippen LogP contribution is -2.45. The minimum atomic E-state index is 0.403. The summed E-state index contributed by atoms with van der Waals surface area (Å²) >= 11 is 0. The lowest BCUT2D eigenvalue weighted by atomic mass is 9.85. The topological polar surface area (TPSA) is 66.7 Å². The van der Waals surface area contributed by atoms with Crippen LogP contribution < -0.4 is 15.4 Å². The van der Waals surface area contributed by atoms with Crippen LogP contribution in [0.15, 0.2) is 47.7 Å². The highest BCUT2D eigenvalue weighted by atomic mass is 16.5. The molecule has 0 amide bonds. The van der Waals surface area contributed by atoms with Gasteiger partial charge in [-0.2, -0.15) is 5.10 Å². The quantitative estimate of drug-likeness (QED) is 0.406. The van der Waals surface area contributed by atoms with Gasteiger partial charge in [0.15, 0.2) is 5.96 Å². The van der Waals surface area contributed by atoms with Crippen molar-refractivity contribution < 1.29 is 4.74 Å². The van der Waals surface area contributed by atoms with E-state index in [1.165, 1.54) is 18.4 Å². The molecule has 3 rings (SSSR count). The number of hydrogen-bond acceptors (Lipinski definition) is 4. The Bertz CT molecular complexity index is 743. The fraction of sp³-hybridized carbons (Fsp3) is 0.545. The van der Waals surface area contributed by atoms with Gasteiger partial charge in [-0.15, -0.1) is 0 Å². The van der Waals surface area contributed by atoms with Crippen molar-refractivity contribution in [3.63, 3.8) is 0 Å². The maximum absolute atomic E-state index is 5.32. The van der Waals surface area contributed by atoms with Gasteiger partial charge in [-0.1, -0.05) is 12.1 Å². The van der Waals surface area contributed by atoms with Crippen molar-refractivity contribution in [3.05, 3.63) is 48.3 Å². The zero-order valence-electron chi connectivity index (χ0n) is 17.8. The molecule has 2 N–H and O–H groups in total. The predicted octanol–water partition coefficient (Wildman–Crippen LogP) is 2.53. The Morgan fingerprint density at radius 2 is 2.10 bits per heavy atom. The van der Waals surface area contributed by atoms with Gasteiger partial charge in [0.05, 0.1) is 7.11 Å². The highest BCUT2D eigenvalue weighted by Crippen LogP contribution is 2.35. The molecule has 7 nitrogen and oxygen atoms in total. The van der Waals surface area contributed by atoms with E-state index in [2.05, 4.69) is 56.9 Å². The second kappa shape index (κ2) is 10.9. The molecule has 2 atom stereocenters. The van der Waals surface area contributed by atoms with Gasteiger partial charge in [0, 0.05) is 45.1 Å². The molecule has 2 aromatic rings. The first kappa shape index (κ1) is 21.2. The van der Waals surface area contributed by atoms with Crippen molar-refractivity contribution in [3.8, 4) is 5.75 Å². The van der Waals surface area contributed by atoms with Crippen molar-refractivity contribution in [1.82, 2.24) is 25.3 Å². The molecule has 1 fully saturated rings. The van der Waals surface area contributed by atoms with E-state index >= 15 is 0 Å². The Morgan fingerprint density at radius 3 is 2.79 bits per heavy atom. The highest BCUT2D eigenvalue weighted by molar-refractivity contribution is 5.79. The molecule has 2 unspecified atom stereocenters. The number of nitrogens with one attached hydrogen (secondary N) is 2. The van der Waals surface area contributed by atoms with Crippen molar-refractivity contribution in [2.75, 3.05) is 40.8 Å². The number of benzene rings is 1. The number of hydrogen-bond donors (Lipinski definition) is 2. The summed E-state index contributed by atoms with van der Waals surface area (Å²) in [5, 5.41) is 11.2. The molecule has 0 radical (unpaired) electrons. The molecule has 0 aliphatic carbocycles. The van der Waals surface area contributed by atoms with E-state index in [9.17, 15) is 0 Å². The summed E-state index contributed by atoms with van der Waals surface area (Å²) in [6.45, 7) is 3.81. The standard InChI is InChI=1S/C22H34N6O/c1-23-22(24-12-5-15-28-16-6-13-26-28)25-17-19-7-4-14-27(2)21(19)18-8-10-20(29-3)11-9-18/h6,8-11,13,16,19,21H,4-5,7,12,14-15,17H2,1-3H3,(H2,23,24,25).